The first-order chi connectivity index (χ1) is 14.3. The molecule has 10 heteroatoms. The first kappa shape index (κ1) is 20.3. The summed E-state index contributed by atoms with van der Waals surface area (Å²) >= 11 is 1.22. The van der Waals surface area contributed by atoms with Crippen molar-refractivity contribution in [1.82, 2.24) is 4.98 Å². The molecule has 0 bridgehead atoms. The van der Waals surface area contributed by atoms with Crippen LogP contribution in [0.4, 0.5) is 14.5 Å². The lowest BCUT2D eigenvalue weighted by Gasteiger charge is -2.43. The third-order valence-corrected chi connectivity index (χ3v) is 6.55. The van der Waals surface area contributed by atoms with Gasteiger partial charge in [-0.1, -0.05) is 11.8 Å². The molecule has 30 heavy (non-hydrogen) atoms. The number of halogens is 2. The maximum absolute atomic E-state index is 14.9. The number of nitrogens with two attached hydrogens (primary N) is 2. The number of rotatable bonds is 3. The van der Waals surface area contributed by atoms with Crippen LogP contribution in [0.5, 0.6) is 0 Å². The molecule has 1 amide bonds. The van der Waals surface area contributed by atoms with Gasteiger partial charge in [-0.3, -0.25) is 4.79 Å². The van der Waals surface area contributed by atoms with Gasteiger partial charge in [-0.15, -0.1) is 0 Å². The van der Waals surface area contributed by atoms with Crippen LogP contribution in [0.25, 0.3) is 0 Å². The van der Waals surface area contributed by atoms with Crippen molar-refractivity contribution in [3.05, 3.63) is 59.2 Å². The number of nitrogens with one attached hydrogen (secondary N) is 1. The molecule has 4 rings (SSSR count). The third kappa shape index (κ3) is 3.30. The van der Waals surface area contributed by atoms with E-state index in [2.05, 4.69) is 15.3 Å². The van der Waals surface area contributed by atoms with Crippen molar-refractivity contribution in [2.75, 3.05) is 11.1 Å². The molecule has 7 nitrogen and oxygen atoms in total. The van der Waals surface area contributed by atoms with Gasteiger partial charge in [0.25, 0.3) is 5.91 Å². The second kappa shape index (κ2) is 7.34. The summed E-state index contributed by atoms with van der Waals surface area (Å²) in [5, 5.41) is 11.7. The van der Waals surface area contributed by atoms with Gasteiger partial charge in [0.05, 0.1) is 11.1 Å². The molecular weight excluding hydrogens is 410 g/mol. The summed E-state index contributed by atoms with van der Waals surface area (Å²) in [4.78, 5) is 20.9. The molecule has 3 atom stereocenters. The number of carbonyl (C=O) groups excluding carboxylic acids is 1. The van der Waals surface area contributed by atoms with E-state index in [4.69, 9.17) is 16.7 Å². The molecule has 0 saturated heterocycles. The number of pyridine rings is 1. The number of alkyl halides is 1. The van der Waals surface area contributed by atoms with Gasteiger partial charge in [-0.2, -0.15) is 5.26 Å². The lowest BCUT2D eigenvalue weighted by molar-refractivity contribution is 0.102. The van der Waals surface area contributed by atoms with E-state index < -0.39 is 29.0 Å². The minimum absolute atomic E-state index is 0.0436. The average Bonchev–Trinajstić information content (AvgIpc) is 2.99. The van der Waals surface area contributed by atoms with Crippen molar-refractivity contribution < 1.29 is 13.6 Å². The maximum atomic E-state index is 14.9. The van der Waals surface area contributed by atoms with Crippen LogP contribution in [0.2, 0.25) is 0 Å². The first-order valence-corrected chi connectivity index (χ1v) is 10.1. The molecule has 154 valence electrons. The Kier molecular flexibility index (Phi) is 4.95. The molecule has 1 fully saturated rings. The zero-order valence-electron chi connectivity index (χ0n) is 15.7. The normalized spacial score (nSPS) is 27.7. The van der Waals surface area contributed by atoms with Crippen molar-refractivity contribution in [2.24, 2.45) is 16.5 Å². The number of aliphatic imine (C=N–C) groups is 1. The Hall–Kier alpha value is -3.03. The zero-order chi connectivity index (χ0) is 21.5. The minimum Gasteiger partial charge on any atom is -0.379 e. The Bertz CT molecular complexity index is 1090. The largest absolute Gasteiger partial charge is 0.379 e. The van der Waals surface area contributed by atoms with E-state index in [1.54, 1.807) is 0 Å². The van der Waals surface area contributed by atoms with Crippen LogP contribution in [0, 0.1) is 17.1 Å². The fraction of sp³-hybridized carbons (Fsp3) is 0.300. The summed E-state index contributed by atoms with van der Waals surface area (Å²) in [7, 11) is 0. The lowest BCUT2D eigenvalue weighted by atomic mass is 9.76. The van der Waals surface area contributed by atoms with Crippen LogP contribution in [0.3, 0.4) is 0 Å². The summed E-state index contributed by atoms with van der Waals surface area (Å²) in [5.74, 6) is -0.823. The SMILES string of the molecule is N#Cc1ccc(C(=O)Nc2ccc(F)c([C@]34C[C@H](F)C[C@@]3(N)CSC(N)=N4)c2)nc1. The molecule has 1 saturated carbocycles. The lowest BCUT2D eigenvalue weighted by Crippen LogP contribution is -2.58. The average molecular weight is 428 g/mol. The predicted octanol–water partition coefficient (Wildman–Crippen LogP) is 2.43. The summed E-state index contributed by atoms with van der Waals surface area (Å²) in [6, 6.07) is 8.80. The van der Waals surface area contributed by atoms with Gasteiger partial charge in [-0.05, 0) is 30.3 Å². The van der Waals surface area contributed by atoms with E-state index in [9.17, 15) is 13.6 Å². The number of benzene rings is 1. The molecule has 1 aromatic heterocycles. The van der Waals surface area contributed by atoms with Crippen molar-refractivity contribution in [3.63, 3.8) is 0 Å². The fourth-order valence-corrected chi connectivity index (χ4v) is 5.05. The molecule has 0 unspecified atom stereocenters. The van der Waals surface area contributed by atoms with Crippen LogP contribution in [-0.2, 0) is 5.54 Å². The summed E-state index contributed by atoms with van der Waals surface area (Å²) < 4.78 is 29.3. The molecule has 0 spiro atoms. The minimum atomic E-state index is -1.35. The molecule has 1 aliphatic carbocycles. The van der Waals surface area contributed by atoms with Crippen LogP contribution < -0.4 is 16.8 Å². The van der Waals surface area contributed by atoms with E-state index >= 15 is 0 Å². The maximum Gasteiger partial charge on any atom is 0.274 e. The smallest absolute Gasteiger partial charge is 0.274 e. The number of fused-ring (bicyclic) bond motifs is 1. The molecule has 1 aromatic carbocycles. The van der Waals surface area contributed by atoms with Crippen LogP contribution in [0.15, 0.2) is 41.5 Å². The fourth-order valence-electron chi connectivity index (χ4n) is 4.07. The summed E-state index contributed by atoms with van der Waals surface area (Å²) in [6.07, 6.45) is -0.00651. The van der Waals surface area contributed by atoms with Crippen molar-refractivity contribution >= 4 is 28.5 Å². The van der Waals surface area contributed by atoms with Gasteiger partial charge in [0.2, 0.25) is 0 Å². The standard InChI is InChI=1S/C20H18F2N6OS/c21-12-6-19(25)10-30-18(24)28-20(19,7-12)14-5-13(2-3-15(14)22)27-17(29)16-4-1-11(8-23)9-26-16/h1-5,9,12H,6-7,10,25H2,(H2,24,28)(H,27,29)/t12-,19-,20-/m1/s1. The van der Waals surface area contributed by atoms with Gasteiger partial charge < -0.3 is 16.8 Å². The second-order valence-electron chi connectivity index (χ2n) is 7.45. The Balaban J connectivity index is 1.70. The van der Waals surface area contributed by atoms with E-state index in [0.717, 1.165) is 0 Å². The van der Waals surface area contributed by atoms with Crippen molar-refractivity contribution in [2.45, 2.75) is 30.1 Å². The molecule has 0 radical (unpaired) electrons. The van der Waals surface area contributed by atoms with Crippen LogP contribution in [0.1, 0.15) is 34.5 Å². The Morgan fingerprint density at radius 2 is 2.13 bits per heavy atom. The summed E-state index contributed by atoms with van der Waals surface area (Å²) in [5.41, 5.74) is 10.8. The number of hydrogen-bond donors (Lipinski definition) is 3. The van der Waals surface area contributed by atoms with Gasteiger partial charge in [0, 0.05) is 36.0 Å². The molecule has 2 aromatic rings. The Morgan fingerprint density at radius 1 is 1.33 bits per heavy atom. The highest BCUT2D eigenvalue weighted by Crippen LogP contribution is 2.53. The van der Waals surface area contributed by atoms with Gasteiger partial charge >= 0.3 is 0 Å². The Morgan fingerprint density at radius 3 is 2.83 bits per heavy atom. The highest BCUT2D eigenvalue weighted by atomic mass is 32.2. The summed E-state index contributed by atoms with van der Waals surface area (Å²) in [6.45, 7) is 0. The number of thioether (sulfide) groups is 1. The van der Waals surface area contributed by atoms with Gasteiger partial charge in [-0.25, -0.2) is 18.8 Å². The topological polar surface area (TPSA) is 130 Å². The number of hydrogen-bond acceptors (Lipinski definition) is 7. The monoisotopic (exact) mass is 428 g/mol. The molecule has 2 aliphatic rings. The Labute approximate surface area is 175 Å². The van der Waals surface area contributed by atoms with E-state index in [0.29, 0.717) is 11.3 Å². The van der Waals surface area contributed by atoms with Gasteiger partial charge in [0.1, 0.15) is 29.3 Å². The number of aromatic nitrogens is 1. The number of nitrogens with zero attached hydrogens (tertiary/aromatic N) is 3. The van der Waals surface area contributed by atoms with E-state index in [-0.39, 0.29) is 35.0 Å². The number of anilines is 1. The highest BCUT2D eigenvalue weighted by Gasteiger charge is 2.60. The number of amidine groups is 1. The zero-order valence-corrected chi connectivity index (χ0v) is 16.5. The highest BCUT2D eigenvalue weighted by molar-refractivity contribution is 8.13. The first-order valence-electron chi connectivity index (χ1n) is 9.15. The molecular formula is C20H18F2N6OS. The number of nitriles is 1. The van der Waals surface area contributed by atoms with Gasteiger partial charge in [0.15, 0.2) is 5.17 Å². The number of amides is 1. The van der Waals surface area contributed by atoms with E-state index in [1.807, 2.05) is 6.07 Å². The quantitative estimate of drug-likeness (QED) is 0.688. The van der Waals surface area contributed by atoms with E-state index in [1.165, 1.54) is 48.3 Å². The van der Waals surface area contributed by atoms with Crippen molar-refractivity contribution in [1.29, 1.82) is 5.26 Å². The van der Waals surface area contributed by atoms with Crippen LogP contribution >= 0.6 is 11.8 Å². The third-order valence-electron chi connectivity index (χ3n) is 5.50. The molecule has 1 aliphatic heterocycles. The molecule has 2 heterocycles. The second-order valence-corrected chi connectivity index (χ2v) is 8.45. The van der Waals surface area contributed by atoms with Crippen molar-refractivity contribution in [3.8, 4) is 6.07 Å². The predicted molar refractivity (Wildman–Crippen MR) is 110 cm³/mol. The van der Waals surface area contributed by atoms with Crippen LogP contribution in [-0.4, -0.2) is 33.5 Å². The molecule has 5 N–H and O–H groups in total. The number of carbonyl (C=O) groups is 1.